The lowest BCUT2D eigenvalue weighted by molar-refractivity contribution is -0.118. The molecule has 1 amide bonds. The minimum Gasteiger partial charge on any atom is -0.497 e. The molecule has 1 aromatic heterocycles. The summed E-state index contributed by atoms with van der Waals surface area (Å²) in [5.74, 6) is 0.264. The van der Waals surface area contributed by atoms with E-state index in [0.717, 1.165) is 12.0 Å². The van der Waals surface area contributed by atoms with Gasteiger partial charge in [0.15, 0.2) is 5.69 Å². The van der Waals surface area contributed by atoms with Crippen molar-refractivity contribution in [2.24, 2.45) is 0 Å². The molecule has 9 nitrogen and oxygen atoms in total. The molecule has 0 spiro atoms. The number of hydrogen-bond acceptors (Lipinski definition) is 6. The normalized spacial score (nSPS) is 10.7. The molecule has 0 radical (unpaired) electrons. The van der Waals surface area contributed by atoms with Crippen molar-refractivity contribution in [1.82, 2.24) is 9.55 Å². The zero-order valence-electron chi connectivity index (χ0n) is 17.1. The zero-order chi connectivity index (χ0) is 21.4. The highest BCUT2D eigenvalue weighted by Crippen LogP contribution is 2.20. The number of amides is 1. The second-order valence-corrected chi connectivity index (χ2v) is 6.56. The molecule has 0 aliphatic rings. The highest BCUT2D eigenvalue weighted by atomic mass is 16.5. The number of unbranched alkanes of at least 4 members (excludes halogenated alkanes) is 1. The first-order valence-electron chi connectivity index (χ1n) is 9.47. The van der Waals surface area contributed by atoms with Gasteiger partial charge in [-0.3, -0.25) is 19.1 Å². The molecule has 0 bridgehead atoms. The summed E-state index contributed by atoms with van der Waals surface area (Å²) < 4.78 is 11.6. The Labute approximate surface area is 169 Å². The number of nitrogens with one attached hydrogen (secondary N) is 1. The lowest BCUT2D eigenvalue weighted by Crippen LogP contribution is -2.43. The van der Waals surface area contributed by atoms with Gasteiger partial charge in [0.1, 0.15) is 11.6 Å². The zero-order valence-corrected chi connectivity index (χ0v) is 17.1. The van der Waals surface area contributed by atoms with Crippen LogP contribution in [0.15, 0.2) is 33.9 Å². The van der Waals surface area contributed by atoms with E-state index in [1.807, 2.05) is 6.92 Å². The molecular formula is C20H28N4O5. The first-order chi connectivity index (χ1) is 13.9. The molecule has 0 aliphatic heterocycles. The number of benzene rings is 1. The van der Waals surface area contributed by atoms with Crippen LogP contribution in [0.3, 0.4) is 0 Å². The number of carbonyl (C=O) groups is 1. The van der Waals surface area contributed by atoms with E-state index in [0.29, 0.717) is 18.7 Å². The fourth-order valence-electron chi connectivity index (χ4n) is 2.97. The van der Waals surface area contributed by atoms with Crippen LogP contribution < -0.4 is 26.6 Å². The third kappa shape index (κ3) is 5.47. The lowest BCUT2D eigenvalue weighted by Gasteiger charge is -2.24. The molecule has 1 heterocycles. The van der Waals surface area contributed by atoms with Crippen LogP contribution in [0.25, 0.3) is 0 Å². The first-order valence-corrected chi connectivity index (χ1v) is 9.47. The van der Waals surface area contributed by atoms with Gasteiger partial charge in [0.25, 0.3) is 5.56 Å². The van der Waals surface area contributed by atoms with Crippen LogP contribution in [0.4, 0.5) is 11.5 Å². The van der Waals surface area contributed by atoms with Crippen molar-refractivity contribution >= 4 is 17.4 Å². The number of methoxy groups -OCH3 is 2. The number of rotatable bonds is 10. The monoisotopic (exact) mass is 404 g/mol. The Morgan fingerprint density at radius 2 is 2.03 bits per heavy atom. The van der Waals surface area contributed by atoms with Crippen molar-refractivity contribution in [2.75, 3.05) is 38.0 Å². The number of ether oxygens (including phenoxy) is 2. The molecule has 158 valence electrons. The van der Waals surface area contributed by atoms with Crippen LogP contribution in [0.2, 0.25) is 0 Å². The number of carbonyl (C=O) groups excluding carboxylic acids is 1. The van der Waals surface area contributed by atoms with E-state index in [-0.39, 0.29) is 37.0 Å². The summed E-state index contributed by atoms with van der Waals surface area (Å²) in [6.45, 7) is 2.67. The molecule has 0 aliphatic carbocycles. The SMILES string of the molecule is CCCCn1c(N)c(N(CCOC)C(=O)Cc2cccc(OC)c2)c(=O)[nH]c1=O. The van der Waals surface area contributed by atoms with E-state index in [9.17, 15) is 14.4 Å². The van der Waals surface area contributed by atoms with E-state index >= 15 is 0 Å². The van der Waals surface area contributed by atoms with Crippen LogP contribution in [0.5, 0.6) is 5.75 Å². The van der Waals surface area contributed by atoms with E-state index < -0.39 is 11.2 Å². The van der Waals surface area contributed by atoms with Crippen molar-refractivity contribution < 1.29 is 14.3 Å². The van der Waals surface area contributed by atoms with E-state index in [1.54, 1.807) is 31.4 Å². The van der Waals surface area contributed by atoms with Crippen LogP contribution in [-0.4, -0.2) is 42.8 Å². The molecule has 0 unspecified atom stereocenters. The molecule has 29 heavy (non-hydrogen) atoms. The highest BCUT2D eigenvalue weighted by molar-refractivity contribution is 5.96. The van der Waals surface area contributed by atoms with E-state index in [1.165, 1.54) is 16.6 Å². The summed E-state index contributed by atoms with van der Waals surface area (Å²) in [5.41, 5.74) is 5.57. The van der Waals surface area contributed by atoms with Crippen molar-refractivity contribution in [3.05, 3.63) is 50.7 Å². The average molecular weight is 404 g/mol. The standard InChI is InChI=1S/C20H28N4O5/c1-4-5-9-24-18(21)17(19(26)22-20(24)27)23(10-11-28-2)16(25)13-14-7-6-8-15(12-14)29-3/h6-8,12H,4-5,9-11,13,21H2,1-3H3,(H,22,26,27). The average Bonchev–Trinajstić information content (AvgIpc) is 2.70. The van der Waals surface area contributed by atoms with Crippen LogP contribution >= 0.6 is 0 Å². The molecule has 0 atom stereocenters. The smallest absolute Gasteiger partial charge is 0.330 e. The van der Waals surface area contributed by atoms with Crippen LogP contribution in [0.1, 0.15) is 25.3 Å². The van der Waals surface area contributed by atoms with Crippen molar-refractivity contribution in [1.29, 1.82) is 0 Å². The molecule has 0 fully saturated rings. The summed E-state index contributed by atoms with van der Waals surface area (Å²) in [6.07, 6.45) is 1.60. The minimum absolute atomic E-state index is 0.0257. The molecule has 2 rings (SSSR count). The molecule has 9 heteroatoms. The topological polar surface area (TPSA) is 120 Å². The predicted octanol–water partition coefficient (Wildman–Crippen LogP) is 1.15. The number of nitrogens with two attached hydrogens (primary N) is 1. The Hall–Kier alpha value is -3.07. The first kappa shape index (κ1) is 22.2. The van der Waals surface area contributed by atoms with Gasteiger partial charge in [-0.2, -0.15) is 0 Å². The van der Waals surface area contributed by atoms with Gasteiger partial charge in [-0.15, -0.1) is 0 Å². The summed E-state index contributed by atoms with van der Waals surface area (Å²) >= 11 is 0. The fourth-order valence-corrected chi connectivity index (χ4v) is 2.97. The molecular weight excluding hydrogens is 376 g/mol. The molecule has 1 aromatic carbocycles. The van der Waals surface area contributed by atoms with Gasteiger partial charge in [-0.25, -0.2) is 4.79 Å². The van der Waals surface area contributed by atoms with Gasteiger partial charge < -0.3 is 20.1 Å². The Morgan fingerprint density at radius 3 is 2.69 bits per heavy atom. The maximum absolute atomic E-state index is 13.1. The molecule has 0 saturated carbocycles. The van der Waals surface area contributed by atoms with Crippen LogP contribution in [0, 0.1) is 0 Å². The summed E-state index contributed by atoms with van der Waals surface area (Å²) in [6, 6.07) is 7.11. The minimum atomic E-state index is -0.699. The van der Waals surface area contributed by atoms with Gasteiger partial charge in [-0.1, -0.05) is 25.5 Å². The van der Waals surface area contributed by atoms with E-state index in [4.69, 9.17) is 15.2 Å². The van der Waals surface area contributed by atoms with Gasteiger partial charge in [0, 0.05) is 20.2 Å². The summed E-state index contributed by atoms with van der Waals surface area (Å²) in [5, 5.41) is 0. The second-order valence-electron chi connectivity index (χ2n) is 6.56. The number of hydrogen-bond donors (Lipinski definition) is 2. The van der Waals surface area contributed by atoms with Gasteiger partial charge in [0.2, 0.25) is 5.91 Å². The summed E-state index contributed by atoms with van der Waals surface area (Å²) in [4.78, 5) is 41.3. The number of nitrogen functional groups attached to an aromatic ring is 1. The van der Waals surface area contributed by atoms with Crippen molar-refractivity contribution in [3.63, 3.8) is 0 Å². The number of aromatic nitrogens is 2. The van der Waals surface area contributed by atoms with E-state index in [2.05, 4.69) is 4.98 Å². The molecule has 3 N–H and O–H groups in total. The third-order valence-electron chi connectivity index (χ3n) is 4.53. The number of nitrogens with zero attached hydrogens (tertiary/aromatic N) is 2. The number of aromatic amines is 1. The quantitative estimate of drug-likeness (QED) is 0.613. The Morgan fingerprint density at radius 1 is 1.28 bits per heavy atom. The Kier molecular flexibility index (Phi) is 8.02. The van der Waals surface area contributed by atoms with Crippen molar-refractivity contribution in [2.45, 2.75) is 32.7 Å². The number of H-pyrrole nitrogens is 1. The fraction of sp³-hybridized carbons (Fsp3) is 0.450. The lowest BCUT2D eigenvalue weighted by atomic mass is 10.1. The maximum atomic E-state index is 13.1. The highest BCUT2D eigenvalue weighted by Gasteiger charge is 2.24. The third-order valence-corrected chi connectivity index (χ3v) is 4.53. The Balaban J connectivity index is 2.44. The van der Waals surface area contributed by atoms with Crippen molar-refractivity contribution in [3.8, 4) is 5.75 Å². The largest absolute Gasteiger partial charge is 0.497 e. The predicted molar refractivity (Wildman–Crippen MR) is 112 cm³/mol. The second kappa shape index (κ2) is 10.5. The van der Waals surface area contributed by atoms with Gasteiger partial charge in [0.05, 0.1) is 20.1 Å². The van der Waals surface area contributed by atoms with Gasteiger partial charge in [-0.05, 0) is 24.1 Å². The number of anilines is 2. The van der Waals surface area contributed by atoms with Gasteiger partial charge >= 0.3 is 5.69 Å². The molecule has 2 aromatic rings. The van der Waals surface area contributed by atoms with Crippen LogP contribution in [-0.2, 0) is 22.5 Å². The Bertz CT molecular complexity index is 951. The summed E-state index contributed by atoms with van der Waals surface area (Å²) in [7, 11) is 3.05. The maximum Gasteiger partial charge on any atom is 0.330 e. The molecule has 0 saturated heterocycles.